The highest BCUT2D eigenvalue weighted by Crippen LogP contribution is 2.34. The molecule has 0 radical (unpaired) electrons. The molecule has 1 amide bonds. The van der Waals surface area contributed by atoms with Crippen LogP contribution >= 0.6 is 0 Å². The van der Waals surface area contributed by atoms with Gasteiger partial charge in [-0.05, 0) is 61.1 Å². The second-order valence-electron chi connectivity index (χ2n) is 9.55. The summed E-state index contributed by atoms with van der Waals surface area (Å²) in [7, 11) is 3.26. The van der Waals surface area contributed by atoms with Crippen molar-refractivity contribution in [2.75, 3.05) is 14.2 Å². The standard InChI is InChI=1S/C28H41NO3/c1-11-18(2)25(20(4)22-13-12-14-24(16-22)32-10)17-23(15-19(3)27(31)29-9)26(30)21(5)28(6,7)8/h12-17,20-21H,11H2,1-10H3,(H,29,31)/b19-15+,23-17+,25-18-. The smallest absolute Gasteiger partial charge is 0.246 e. The number of ether oxygens (including phenoxy) is 1. The fourth-order valence-corrected chi connectivity index (χ4v) is 3.40. The topological polar surface area (TPSA) is 55.4 Å². The molecule has 0 spiro atoms. The van der Waals surface area contributed by atoms with E-state index in [9.17, 15) is 9.59 Å². The van der Waals surface area contributed by atoms with Crippen molar-refractivity contribution in [1.29, 1.82) is 0 Å². The summed E-state index contributed by atoms with van der Waals surface area (Å²) < 4.78 is 5.41. The third-order valence-corrected chi connectivity index (χ3v) is 6.33. The zero-order chi connectivity index (χ0) is 24.6. The van der Waals surface area contributed by atoms with Gasteiger partial charge in [0.2, 0.25) is 5.91 Å². The van der Waals surface area contributed by atoms with Crippen LogP contribution < -0.4 is 10.1 Å². The van der Waals surface area contributed by atoms with E-state index in [0.29, 0.717) is 11.1 Å². The van der Waals surface area contributed by atoms with Crippen LogP contribution in [-0.2, 0) is 9.59 Å². The first-order valence-corrected chi connectivity index (χ1v) is 11.4. The number of hydrogen-bond donors (Lipinski definition) is 1. The van der Waals surface area contributed by atoms with Crippen molar-refractivity contribution in [3.8, 4) is 5.75 Å². The van der Waals surface area contributed by atoms with Gasteiger partial charge in [-0.25, -0.2) is 0 Å². The summed E-state index contributed by atoms with van der Waals surface area (Å²) in [6.07, 6.45) is 4.58. The van der Waals surface area contributed by atoms with Crippen molar-refractivity contribution < 1.29 is 14.3 Å². The number of rotatable bonds is 9. The molecular weight excluding hydrogens is 398 g/mol. The number of hydrogen-bond acceptors (Lipinski definition) is 3. The van der Waals surface area contributed by atoms with Crippen molar-refractivity contribution >= 4 is 11.7 Å². The summed E-state index contributed by atoms with van der Waals surface area (Å²) in [6.45, 7) is 16.3. The van der Waals surface area contributed by atoms with Gasteiger partial charge in [0.25, 0.3) is 0 Å². The van der Waals surface area contributed by atoms with Crippen LogP contribution in [0, 0.1) is 11.3 Å². The number of methoxy groups -OCH3 is 1. The minimum atomic E-state index is -0.196. The Balaban J connectivity index is 3.69. The van der Waals surface area contributed by atoms with Gasteiger partial charge in [-0.2, -0.15) is 0 Å². The van der Waals surface area contributed by atoms with Crippen LogP contribution in [0.3, 0.4) is 0 Å². The molecule has 0 saturated carbocycles. The SMILES string of the molecule is CC/C(C)=C(/C=C(\C=C(/C)C(=O)NC)C(=O)C(C)C(C)(C)C)C(C)c1cccc(OC)c1. The summed E-state index contributed by atoms with van der Waals surface area (Å²) >= 11 is 0. The molecule has 0 aliphatic heterocycles. The predicted octanol–water partition coefficient (Wildman–Crippen LogP) is 6.40. The number of allylic oxidation sites excluding steroid dienone is 5. The highest BCUT2D eigenvalue weighted by Gasteiger charge is 2.29. The van der Waals surface area contributed by atoms with E-state index in [1.54, 1.807) is 27.2 Å². The maximum Gasteiger partial charge on any atom is 0.246 e. The third-order valence-electron chi connectivity index (χ3n) is 6.33. The highest BCUT2D eigenvalue weighted by molar-refractivity contribution is 6.03. The Labute approximate surface area is 194 Å². The largest absolute Gasteiger partial charge is 0.497 e. The number of benzene rings is 1. The van der Waals surface area contributed by atoms with Crippen LogP contribution in [0.15, 0.2) is 58.7 Å². The first kappa shape index (κ1) is 27.4. The molecule has 1 aromatic rings. The Hall–Kier alpha value is -2.62. The molecule has 0 aromatic heterocycles. The summed E-state index contributed by atoms with van der Waals surface area (Å²) in [6, 6.07) is 8.02. The predicted molar refractivity (Wildman–Crippen MR) is 134 cm³/mol. The molecule has 2 unspecified atom stereocenters. The fraction of sp³-hybridized carbons (Fsp3) is 0.500. The molecule has 0 aliphatic carbocycles. The molecule has 2 atom stereocenters. The van der Waals surface area contributed by atoms with Crippen LogP contribution in [0.4, 0.5) is 0 Å². The van der Waals surface area contributed by atoms with Crippen molar-refractivity contribution in [3.63, 3.8) is 0 Å². The van der Waals surface area contributed by atoms with Crippen LogP contribution in [0.2, 0.25) is 0 Å². The Morgan fingerprint density at radius 1 is 1.12 bits per heavy atom. The second-order valence-corrected chi connectivity index (χ2v) is 9.55. The Kier molecular flexibility index (Phi) is 10.1. The third kappa shape index (κ3) is 7.22. The van der Waals surface area contributed by atoms with E-state index >= 15 is 0 Å². The number of carbonyl (C=O) groups is 2. The molecule has 0 saturated heterocycles. The molecule has 32 heavy (non-hydrogen) atoms. The molecular formula is C28H41NO3. The van der Waals surface area contributed by atoms with E-state index in [1.165, 1.54) is 5.57 Å². The lowest BCUT2D eigenvalue weighted by atomic mass is 9.76. The lowest BCUT2D eigenvalue weighted by Gasteiger charge is -2.27. The van der Waals surface area contributed by atoms with E-state index in [1.807, 2.05) is 31.2 Å². The van der Waals surface area contributed by atoms with Gasteiger partial charge >= 0.3 is 0 Å². The van der Waals surface area contributed by atoms with Gasteiger partial charge in [-0.1, -0.05) is 59.2 Å². The van der Waals surface area contributed by atoms with Gasteiger partial charge in [-0.3, -0.25) is 9.59 Å². The summed E-state index contributed by atoms with van der Waals surface area (Å²) in [5.74, 6) is 0.523. The highest BCUT2D eigenvalue weighted by atomic mass is 16.5. The number of nitrogens with one attached hydrogen (secondary N) is 1. The van der Waals surface area contributed by atoms with Gasteiger partial charge in [0.1, 0.15) is 5.75 Å². The Bertz CT molecular complexity index is 913. The summed E-state index contributed by atoms with van der Waals surface area (Å²) in [4.78, 5) is 25.7. The van der Waals surface area contributed by atoms with Crippen molar-refractivity contribution in [2.45, 2.75) is 67.7 Å². The minimum absolute atomic E-state index is 0.0417. The number of Topliss-reactive ketones (excluding diaryl/α,β-unsaturated/α-hetero) is 1. The van der Waals surface area contributed by atoms with Gasteiger partial charge in [-0.15, -0.1) is 0 Å². The molecule has 0 bridgehead atoms. The molecule has 1 N–H and O–H groups in total. The number of amides is 1. The van der Waals surface area contributed by atoms with Gasteiger partial charge in [0.15, 0.2) is 5.78 Å². The Morgan fingerprint density at radius 3 is 2.25 bits per heavy atom. The molecule has 0 fully saturated rings. The fourth-order valence-electron chi connectivity index (χ4n) is 3.40. The molecule has 4 nitrogen and oxygen atoms in total. The zero-order valence-corrected chi connectivity index (χ0v) is 21.6. The molecule has 0 heterocycles. The lowest BCUT2D eigenvalue weighted by Crippen LogP contribution is -2.27. The van der Waals surface area contributed by atoms with E-state index < -0.39 is 0 Å². The van der Waals surface area contributed by atoms with Crippen LogP contribution in [0.25, 0.3) is 0 Å². The zero-order valence-electron chi connectivity index (χ0n) is 21.6. The second kappa shape index (κ2) is 11.8. The molecule has 176 valence electrons. The quantitative estimate of drug-likeness (QED) is 0.358. The van der Waals surface area contributed by atoms with E-state index in [2.05, 4.69) is 52.9 Å². The monoisotopic (exact) mass is 439 g/mol. The summed E-state index contributed by atoms with van der Waals surface area (Å²) in [5.41, 5.74) is 4.30. The average molecular weight is 440 g/mol. The maximum absolute atomic E-state index is 13.6. The minimum Gasteiger partial charge on any atom is -0.497 e. The average Bonchev–Trinajstić information content (AvgIpc) is 2.78. The van der Waals surface area contributed by atoms with Gasteiger partial charge in [0.05, 0.1) is 7.11 Å². The first-order chi connectivity index (χ1) is 14.9. The van der Waals surface area contributed by atoms with Crippen molar-refractivity contribution in [1.82, 2.24) is 5.32 Å². The molecule has 4 heteroatoms. The number of likely N-dealkylation sites (N-methyl/N-ethyl adjacent to an activating group) is 1. The molecule has 1 aromatic carbocycles. The van der Waals surface area contributed by atoms with Crippen molar-refractivity contribution in [3.05, 3.63) is 64.3 Å². The van der Waals surface area contributed by atoms with Crippen LogP contribution in [-0.4, -0.2) is 25.8 Å². The maximum atomic E-state index is 13.6. The molecule has 0 aliphatic rings. The van der Waals surface area contributed by atoms with E-state index in [0.717, 1.165) is 23.3 Å². The van der Waals surface area contributed by atoms with Crippen molar-refractivity contribution in [2.24, 2.45) is 11.3 Å². The number of ketones is 1. The van der Waals surface area contributed by atoms with E-state index in [4.69, 9.17) is 4.74 Å². The van der Waals surface area contributed by atoms with Gasteiger partial charge in [0, 0.05) is 30.0 Å². The Morgan fingerprint density at radius 2 is 1.75 bits per heavy atom. The molecule has 1 rings (SSSR count). The normalized spacial score (nSPS) is 15.6. The first-order valence-electron chi connectivity index (χ1n) is 11.4. The van der Waals surface area contributed by atoms with Crippen LogP contribution in [0.1, 0.15) is 73.3 Å². The van der Waals surface area contributed by atoms with E-state index in [-0.39, 0.29) is 28.9 Å². The lowest BCUT2D eigenvalue weighted by molar-refractivity contribution is -0.121. The summed E-state index contributed by atoms with van der Waals surface area (Å²) in [5, 5.41) is 2.65. The number of carbonyl (C=O) groups excluding carboxylic acids is 2. The van der Waals surface area contributed by atoms with Gasteiger partial charge < -0.3 is 10.1 Å². The van der Waals surface area contributed by atoms with Crippen LogP contribution in [0.5, 0.6) is 5.75 Å².